The number of nitrogens with one attached hydrogen (secondary N) is 2. The van der Waals surface area contributed by atoms with Crippen LogP contribution in [0, 0.1) is 0 Å². The highest BCUT2D eigenvalue weighted by Crippen LogP contribution is 2.15. The van der Waals surface area contributed by atoms with Crippen LogP contribution in [0.4, 0.5) is 4.79 Å². The van der Waals surface area contributed by atoms with Crippen molar-refractivity contribution in [1.29, 1.82) is 0 Å². The molecule has 7 nitrogen and oxygen atoms in total. The van der Waals surface area contributed by atoms with E-state index in [1.165, 1.54) is 89.9 Å². The molecule has 0 fully saturated rings. The maximum absolute atomic E-state index is 12.1. The molecule has 0 aromatic rings. The van der Waals surface area contributed by atoms with Crippen molar-refractivity contribution in [2.24, 2.45) is 0 Å². The van der Waals surface area contributed by atoms with E-state index in [0.29, 0.717) is 32.5 Å². The lowest BCUT2D eigenvalue weighted by Gasteiger charge is -2.25. The molecular weight excluding hydrogens is 552 g/mol. The number of unbranched alkanes of at least 4 members (excludes halogenated alkanes) is 17. The number of ether oxygens (including phenoxy) is 3. The van der Waals surface area contributed by atoms with E-state index in [-0.39, 0.29) is 23.7 Å². The van der Waals surface area contributed by atoms with Gasteiger partial charge < -0.3 is 24.8 Å². The van der Waals surface area contributed by atoms with Crippen molar-refractivity contribution in [3.63, 3.8) is 0 Å². The lowest BCUT2D eigenvalue weighted by molar-refractivity contribution is -0.121. The number of amides is 2. The smallest absolute Gasteiger partial charge is 0.407 e. The molecule has 0 aromatic carbocycles. The minimum Gasteiger partial charge on any atom is -0.449 e. The Morgan fingerprint density at radius 1 is 0.614 bits per heavy atom. The first kappa shape index (κ1) is 42.7. The largest absolute Gasteiger partial charge is 0.449 e. The van der Waals surface area contributed by atoms with Gasteiger partial charge in [0, 0.05) is 39.1 Å². The summed E-state index contributed by atoms with van der Waals surface area (Å²) in [6.07, 6.45) is 27.0. The summed E-state index contributed by atoms with van der Waals surface area (Å²) in [5.41, 5.74) is -0.209. The van der Waals surface area contributed by atoms with Gasteiger partial charge in [-0.3, -0.25) is 4.79 Å². The summed E-state index contributed by atoms with van der Waals surface area (Å²) in [6.45, 7) is 13.7. The minimum absolute atomic E-state index is 0.0812. The number of carbonyl (C=O) groups is 2. The van der Waals surface area contributed by atoms with Gasteiger partial charge in [-0.2, -0.15) is 0 Å². The third-order valence-corrected chi connectivity index (χ3v) is 8.30. The Hall–Kier alpha value is -1.34. The third-order valence-electron chi connectivity index (χ3n) is 8.30. The minimum atomic E-state index is -0.374. The standard InChI is InChI=1S/C37H74N2O5/c1-6-8-10-11-12-13-14-15-16-17-18-19-20-21-25-31-42-34(3)27-33-43-36(41)39-29-24-22-23-26-35(40)38-30-28-37(4,5)44-32-9-7-2/h34H,6-33H2,1-5H3,(H,38,40)(H,39,41). The second-order valence-electron chi connectivity index (χ2n) is 13.4. The van der Waals surface area contributed by atoms with Crippen molar-refractivity contribution in [1.82, 2.24) is 10.6 Å². The molecule has 0 aliphatic rings. The van der Waals surface area contributed by atoms with Crippen LogP contribution in [0.2, 0.25) is 0 Å². The fourth-order valence-electron chi connectivity index (χ4n) is 5.14. The molecule has 0 aliphatic heterocycles. The molecule has 0 aromatic heterocycles. The highest BCUT2D eigenvalue weighted by molar-refractivity contribution is 5.75. The number of rotatable bonds is 33. The fourth-order valence-corrected chi connectivity index (χ4v) is 5.14. The zero-order valence-electron chi connectivity index (χ0n) is 29.9. The average Bonchev–Trinajstić information content (AvgIpc) is 2.98. The summed E-state index contributed by atoms with van der Waals surface area (Å²) in [5, 5.41) is 5.79. The number of carbonyl (C=O) groups excluding carboxylic acids is 2. The van der Waals surface area contributed by atoms with Crippen LogP contribution in [0.3, 0.4) is 0 Å². The summed E-state index contributed by atoms with van der Waals surface area (Å²) in [4.78, 5) is 24.0. The lowest BCUT2D eigenvalue weighted by atomic mass is 10.0. The van der Waals surface area contributed by atoms with E-state index in [1.807, 2.05) is 6.92 Å². The van der Waals surface area contributed by atoms with Crippen molar-refractivity contribution < 1.29 is 23.8 Å². The molecule has 2 N–H and O–H groups in total. The monoisotopic (exact) mass is 627 g/mol. The molecule has 1 unspecified atom stereocenters. The molecule has 1 atom stereocenters. The van der Waals surface area contributed by atoms with Crippen LogP contribution in [-0.4, -0.2) is 56.6 Å². The first-order chi connectivity index (χ1) is 21.3. The summed E-state index contributed by atoms with van der Waals surface area (Å²) in [5.74, 6) is 0.0812. The lowest BCUT2D eigenvalue weighted by Crippen LogP contribution is -2.33. The Kier molecular flexibility index (Phi) is 30.7. The quantitative estimate of drug-likeness (QED) is 0.0708. The summed E-state index contributed by atoms with van der Waals surface area (Å²) in [7, 11) is 0. The molecule has 0 bridgehead atoms. The van der Waals surface area contributed by atoms with E-state index >= 15 is 0 Å². The zero-order valence-corrected chi connectivity index (χ0v) is 29.9. The molecule has 0 rings (SSSR count). The molecule has 0 heterocycles. The Morgan fingerprint density at radius 2 is 1.16 bits per heavy atom. The SMILES string of the molecule is CCCCCCCCCCCCCCCCCOC(C)CCOC(=O)NCCCCCC(=O)NCCC(C)(C)OCCCC. The van der Waals surface area contributed by atoms with Gasteiger partial charge in [-0.15, -0.1) is 0 Å². The molecule has 0 saturated carbocycles. The normalized spacial score (nSPS) is 12.3. The van der Waals surface area contributed by atoms with Crippen LogP contribution in [0.15, 0.2) is 0 Å². The van der Waals surface area contributed by atoms with Crippen molar-refractivity contribution in [3.8, 4) is 0 Å². The summed E-state index contributed by atoms with van der Waals surface area (Å²) < 4.78 is 17.1. The van der Waals surface area contributed by atoms with E-state index in [0.717, 1.165) is 58.2 Å². The van der Waals surface area contributed by atoms with Crippen LogP contribution in [-0.2, 0) is 19.0 Å². The van der Waals surface area contributed by atoms with Crippen LogP contribution in [0.5, 0.6) is 0 Å². The van der Waals surface area contributed by atoms with E-state index in [4.69, 9.17) is 14.2 Å². The maximum atomic E-state index is 12.1. The third kappa shape index (κ3) is 32.1. The van der Waals surface area contributed by atoms with Gasteiger partial charge in [-0.1, -0.05) is 117 Å². The second-order valence-corrected chi connectivity index (χ2v) is 13.4. The van der Waals surface area contributed by atoms with E-state index in [9.17, 15) is 9.59 Å². The molecule has 2 amide bonds. The molecule has 0 aliphatic carbocycles. The summed E-state index contributed by atoms with van der Waals surface area (Å²) >= 11 is 0. The Bertz CT molecular complexity index is 643. The Balaban J connectivity index is 3.44. The van der Waals surface area contributed by atoms with Crippen LogP contribution >= 0.6 is 0 Å². The van der Waals surface area contributed by atoms with Gasteiger partial charge in [0.2, 0.25) is 5.91 Å². The molecule has 7 heteroatoms. The molecule has 44 heavy (non-hydrogen) atoms. The highest BCUT2D eigenvalue weighted by atomic mass is 16.5. The Labute approximate surface area is 273 Å². The van der Waals surface area contributed by atoms with Gasteiger partial charge in [-0.05, 0) is 52.9 Å². The number of hydrogen-bond donors (Lipinski definition) is 2. The topological polar surface area (TPSA) is 85.9 Å². The zero-order chi connectivity index (χ0) is 32.6. The molecule has 262 valence electrons. The fraction of sp³-hybridized carbons (Fsp3) is 0.946. The van der Waals surface area contributed by atoms with Gasteiger partial charge in [0.15, 0.2) is 0 Å². The highest BCUT2D eigenvalue weighted by Gasteiger charge is 2.18. The van der Waals surface area contributed by atoms with Gasteiger partial charge >= 0.3 is 6.09 Å². The first-order valence-corrected chi connectivity index (χ1v) is 18.7. The molecule has 0 saturated heterocycles. The number of hydrogen-bond acceptors (Lipinski definition) is 5. The van der Waals surface area contributed by atoms with Gasteiger partial charge in [0.05, 0.1) is 18.3 Å². The van der Waals surface area contributed by atoms with E-state index < -0.39 is 0 Å². The van der Waals surface area contributed by atoms with Gasteiger partial charge in [0.1, 0.15) is 0 Å². The maximum Gasteiger partial charge on any atom is 0.407 e. The first-order valence-electron chi connectivity index (χ1n) is 18.7. The Morgan fingerprint density at radius 3 is 1.75 bits per heavy atom. The van der Waals surface area contributed by atoms with Crippen molar-refractivity contribution in [2.45, 2.75) is 194 Å². The van der Waals surface area contributed by atoms with E-state index in [1.54, 1.807) is 0 Å². The van der Waals surface area contributed by atoms with Crippen LogP contribution < -0.4 is 10.6 Å². The van der Waals surface area contributed by atoms with Crippen LogP contribution in [0.25, 0.3) is 0 Å². The van der Waals surface area contributed by atoms with Crippen molar-refractivity contribution in [2.75, 3.05) is 32.9 Å². The van der Waals surface area contributed by atoms with Crippen LogP contribution in [0.1, 0.15) is 182 Å². The number of alkyl carbamates (subject to hydrolysis) is 1. The predicted octanol–water partition coefficient (Wildman–Crippen LogP) is 10.0. The van der Waals surface area contributed by atoms with Gasteiger partial charge in [-0.25, -0.2) is 4.79 Å². The average molecular weight is 627 g/mol. The molecule has 0 radical (unpaired) electrons. The van der Waals surface area contributed by atoms with Gasteiger partial charge in [0.25, 0.3) is 0 Å². The predicted molar refractivity (Wildman–Crippen MR) is 185 cm³/mol. The van der Waals surface area contributed by atoms with E-state index in [2.05, 4.69) is 38.3 Å². The van der Waals surface area contributed by atoms with Crippen molar-refractivity contribution in [3.05, 3.63) is 0 Å². The molecular formula is C37H74N2O5. The van der Waals surface area contributed by atoms with Crippen molar-refractivity contribution >= 4 is 12.0 Å². The second kappa shape index (κ2) is 31.6. The summed E-state index contributed by atoms with van der Waals surface area (Å²) in [6, 6.07) is 0. The molecule has 0 spiro atoms.